The minimum atomic E-state index is -0.344. The Balaban J connectivity index is 1.67. The van der Waals surface area contributed by atoms with Gasteiger partial charge in [0.15, 0.2) is 10.9 Å². The number of hydrogen-bond acceptors (Lipinski definition) is 4. The van der Waals surface area contributed by atoms with Gasteiger partial charge in [-0.2, -0.15) is 0 Å². The van der Waals surface area contributed by atoms with Crippen LogP contribution in [0.25, 0.3) is 10.9 Å². The van der Waals surface area contributed by atoms with E-state index in [0.717, 1.165) is 24.8 Å². The predicted molar refractivity (Wildman–Crippen MR) is 114 cm³/mol. The molecule has 28 heavy (non-hydrogen) atoms. The van der Waals surface area contributed by atoms with E-state index in [1.54, 1.807) is 16.7 Å². The quantitative estimate of drug-likeness (QED) is 0.270. The first-order valence-electron chi connectivity index (χ1n) is 9.51. The molecule has 1 aliphatic rings. The second-order valence-electron chi connectivity index (χ2n) is 7.08. The first-order valence-corrected chi connectivity index (χ1v) is 10.4. The number of Topliss-reactive ketones (excluding diaryl/α,β-unsaturated/α-hetero) is 1. The molecule has 4 rings (SSSR count). The smallest absolute Gasteiger partial charge is 0.262 e. The van der Waals surface area contributed by atoms with Crippen LogP contribution in [0.2, 0.25) is 0 Å². The Kier molecular flexibility index (Phi) is 5.18. The van der Waals surface area contributed by atoms with Gasteiger partial charge in [-0.15, -0.1) is 6.58 Å². The van der Waals surface area contributed by atoms with Gasteiger partial charge in [0.05, 0.1) is 16.2 Å². The first kappa shape index (κ1) is 18.7. The third-order valence-corrected chi connectivity index (χ3v) is 6.26. The Morgan fingerprint density at radius 3 is 2.86 bits per heavy atom. The number of aryl methyl sites for hydroxylation is 2. The van der Waals surface area contributed by atoms with Gasteiger partial charge in [0, 0.05) is 12.1 Å². The molecule has 0 unspecified atom stereocenters. The van der Waals surface area contributed by atoms with Gasteiger partial charge in [0.2, 0.25) is 0 Å². The van der Waals surface area contributed by atoms with E-state index in [1.807, 2.05) is 37.3 Å². The molecule has 0 spiro atoms. The zero-order valence-corrected chi connectivity index (χ0v) is 16.7. The highest BCUT2D eigenvalue weighted by Crippen LogP contribution is 2.28. The maximum atomic E-state index is 13.0. The topological polar surface area (TPSA) is 52.0 Å². The van der Waals surface area contributed by atoms with E-state index in [1.165, 1.54) is 22.9 Å². The van der Waals surface area contributed by atoms with Gasteiger partial charge in [-0.1, -0.05) is 42.1 Å². The summed E-state index contributed by atoms with van der Waals surface area (Å²) in [4.78, 5) is 30.5. The van der Waals surface area contributed by atoms with Crippen LogP contribution in [0.3, 0.4) is 0 Å². The van der Waals surface area contributed by atoms with E-state index in [4.69, 9.17) is 0 Å². The maximum absolute atomic E-state index is 13.0. The predicted octanol–water partition coefficient (Wildman–Crippen LogP) is 4.43. The van der Waals surface area contributed by atoms with E-state index in [-0.39, 0.29) is 16.6 Å². The first-order chi connectivity index (χ1) is 13.6. The van der Waals surface area contributed by atoms with Gasteiger partial charge in [-0.25, -0.2) is 4.98 Å². The molecular weight excluding hydrogens is 368 g/mol. The summed E-state index contributed by atoms with van der Waals surface area (Å²) >= 11 is 1.33. The molecule has 1 atom stereocenters. The molecular formula is C23H22N2O2S. The lowest BCUT2D eigenvalue weighted by Gasteiger charge is -2.15. The fourth-order valence-electron chi connectivity index (χ4n) is 3.70. The van der Waals surface area contributed by atoms with Gasteiger partial charge in [0.25, 0.3) is 5.56 Å². The molecule has 1 aromatic heterocycles. The number of aromatic nitrogens is 2. The Hall–Kier alpha value is -2.66. The lowest BCUT2D eigenvalue weighted by atomic mass is 10.0. The minimum Gasteiger partial charge on any atom is -0.293 e. The summed E-state index contributed by atoms with van der Waals surface area (Å²) in [5.74, 6) is 0.0623. The molecule has 0 aliphatic heterocycles. The maximum Gasteiger partial charge on any atom is 0.262 e. The molecule has 2 aromatic carbocycles. The zero-order valence-electron chi connectivity index (χ0n) is 15.9. The molecule has 142 valence electrons. The number of ketones is 1. The minimum absolute atomic E-state index is 0.0623. The van der Waals surface area contributed by atoms with E-state index in [9.17, 15) is 9.59 Å². The van der Waals surface area contributed by atoms with Gasteiger partial charge in [0.1, 0.15) is 0 Å². The summed E-state index contributed by atoms with van der Waals surface area (Å²) < 4.78 is 1.59. The number of allylic oxidation sites excluding steroid dienone is 1. The van der Waals surface area contributed by atoms with E-state index >= 15 is 0 Å². The van der Waals surface area contributed by atoms with Crippen LogP contribution in [0.1, 0.15) is 34.8 Å². The summed E-state index contributed by atoms with van der Waals surface area (Å²) in [5.41, 5.74) is 3.92. The SMILES string of the molecule is C=CCn1c(S[C@H](C)C(=O)c2ccc3c(c2)CCC3)nc2ccccc2c1=O. The summed E-state index contributed by atoms with van der Waals surface area (Å²) in [7, 11) is 0. The van der Waals surface area contributed by atoms with Crippen molar-refractivity contribution in [3.63, 3.8) is 0 Å². The molecule has 4 nitrogen and oxygen atoms in total. The van der Waals surface area contributed by atoms with Gasteiger partial charge in [-0.05, 0) is 55.5 Å². The number of carbonyl (C=O) groups is 1. The largest absolute Gasteiger partial charge is 0.293 e. The van der Waals surface area contributed by atoms with Crippen LogP contribution in [0.4, 0.5) is 0 Å². The van der Waals surface area contributed by atoms with Crippen molar-refractivity contribution in [1.29, 1.82) is 0 Å². The molecule has 0 N–H and O–H groups in total. The highest BCUT2D eigenvalue weighted by atomic mass is 32.2. The lowest BCUT2D eigenvalue weighted by molar-refractivity contribution is 0.0993. The van der Waals surface area contributed by atoms with Gasteiger partial charge < -0.3 is 0 Å². The average molecular weight is 391 g/mol. The Labute approximate surface area is 168 Å². The molecule has 0 bridgehead atoms. The van der Waals surface area contributed by atoms with Crippen LogP contribution in [-0.4, -0.2) is 20.6 Å². The monoisotopic (exact) mass is 390 g/mol. The van der Waals surface area contributed by atoms with Crippen LogP contribution in [0.15, 0.2) is 65.1 Å². The molecule has 1 aliphatic carbocycles. The number of para-hydroxylation sites is 1. The number of hydrogen-bond donors (Lipinski definition) is 0. The van der Waals surface area contributed by atoms with Crippen LogP contribution in [-0.2, 0) is 19.4 Å². The van der Waals surface area contributed by atoms with Crippen LogP contribution < -0.4 is 5.56 Å². The third kappa shape index (κ3) is 3.42. The summed E-state index contributed by atoms with van der Waals surface area (Å²) in [5, 5.41) is 0.778. The fourth-order valence-corrected chi connectivity index (χ4v) is 4.69. The van der Waals surface area contributed by atoms with Gasteiger partial charge >= 0.3 is 0 Å². The third-order valence-electron chi connectivity index (χ3n) is 5.17. The van der Waals surface area contributed by atoms with Crippen LogP contribution in [0, 0.1) is 0 Å². The summed E-state index contributed by atoms with van der Waals surface area (Å²) in [6.45, 7) is 5.98. The molecule has 1 heterocycles. The average Bonchev–Trinajstić information content (AvgIpc) is 3.18. The summed E-state index contributed by atoms with van der Waals surface area (Å²) in [6, 6.07) is 13.3. The van der Waals surface area contributed by atoms with Crippen LogP contribution in [0.5, 0.6) is 0 Å². The second kappa shape index (κ2) is 7.76. The molecule has 3 aromatic rings. The second-order valence-corrected chi connectivity index (χ2v) is 8.39. The van der Waals surface area contributed by atoms with E-state index in [2.05, 4.69) is 17.6 Å². The molecule has 0 fully saturated rings. The van der Waals surface area contributed by atoms with Crippen molar-refractivity contribution in [2.75, 3.05) is 0 Å². The Morgan fingerprint density at radius 1 is 1.25 bits per heavy atom. The molecule has 0 radical (unpaired) electrons. The van der Waals surface area contributed by atoms with Crippen molar-refractivity contribution in [3.05, 3.63) is 82.2 Å². The van der Waals surface area contributed by atoms with E-state index < -0.39 is 0 Å². The molecule has 0 amide bonds. The zero-order chi connectivity index (χ0) is 19.7. The normalized spacial score (nSPS) is 14.0. The molecule has 0 saturated heterocycles. The number of benzene rings is 2. The Bertz CT molecular complexity index is 1130. The summed E-state index contributed by atoms with van der Waals surface area (Å²) in [6.07, 6.45) is 4.98. The van der Waals surface area contributed by atoms with Gasteiger partial charge in [-0.3, -0.25) is 14.2 Å². The number of thioether (sulfide) groups is 1. The number of carbonyl (C=O) groups excluding carboxylic acids is 1. The van der Waals surface area contributed by atoms with Crippen molar-refractivity contribution in [2.24, 2.45) is 0 Å². The Morgan fingerprint density at radius 2 is 2.04 bits per heavy atom. The van der Waals surface area contributed by atoms with Crippen molar-refractivity contribution in [1.82, 2.24) is 9.55 Å². The van der Waals surface area contributed by atoms with Crippen LogP contribution >= 0.6 is 11.8 Å². The highest BCUT2D eigenvalue weighted by molar-refractivity contribution is 8.00. The number of fused-ring (bicyclic) bond motifs is 2. The highest BCUT2D eigenvalue weighted by Gasteiger charge is 2.22. The van der Waals surface area contributed by atoms with Crippen molar-refractivity contribution in [3.8, 4) is 0 Å². The molecule has 0 saturated carbocycles. The van der Waals surface area contributed by atoms with Crippen molar-refractivity contribution < 1.29 is 4.79 Å². The number of nitrogens with zero attached hydrogens (tertiary/aromatic N) is 2. The lowest BCUT2D eigenvalue weighted by Crippen LogP contribution is -2.24. The van der Waals surface area contributed by atoms with Crippen molar-refractivity contribution in [2.45, 2.75) is 43.1 Å². The molecule has 5 heteroatoms. The van der Waals surface area contributed by atoms with Crippen molar-refractivity contribution >= 4 is 28.4 Å². The number of rotatable bonds is 6. The standard InChI is InChI=1S/C23H22N2O2S/c1-3-13-25-22(27)19-9-4-5-10-20(19)24-23(25)28-15(2)21(26)18-12-11-16-7-6-8-17(16)14-18/h3-5,9-12,14-15H,1,6-8,13H2,2H3/t15-/m1/s1. The fraction of sp³-hybridized carbons (Fsp3) is 0.261. The van der Waals surface area contributed by atoms with E-state index in [0.29, 0.717) is 22.6 Å².